The Hall–Kier alpha value is -0.580. The van der Waals surface area contributed by atoms with Gasteiger partial charge in [0.2, 0.25) is 0 Å². The van der Waals surface area contributed by atoms with Gasteiger partial charge >= 0.3 is 0 Å². The van der Waals surface area contributed by atoms with E-state index < -0.39 is 10.8 Å². The molecule has 1 heterocycles. The Kier molecular flexibility index (Phi) is 4.82. The molecule has 1 fully saturated rings. The van der Waals surface area contributed by atoms with Crippen LogP contribution < -0.4 is 0 Å². The van der Waals surface area contributed by atoms with Crippen molar-refractivity contribution in [2.24, 2.45) is 5.11 Å². The van der Waals surface area contributed by atoms with Crippen LogP contribution in [0.3, 0.4) is 0 Å². The summed E-state index contributed by atoms with van der Waals surface area (Å²) in [4.78, 5) is 2.60. The van der Waals surface area contributed by atoms with E-state index in [1.54, 1.807) is 0 Å². The molecule has 6 heteroatoms. The molecule has 0 spiro atoms. The molecule has 1 rings (SSSR count). The third kappa shape index (κ3) is 4.26. The lowest BCUT2D eigenvalue weighted by Gasteiger charge is -2.07. The molecule has 0 radical (unpaired) electrons. The summed E-state index contributed by atoms with van der Waals surface area (Å²) in [6.07, 6.45) is 2.23. The largest absolute Gasteiger partial charge is 0.377 e. The van der Waals surface area contributed by atoms with Crippen molar-refractivity contribution >= 4 is 10.8 Å². The van der Waals surface area contributed by atoms with E-state index in [0.29, 0.717) is 18.1 Å². The first kappa shape index (κ1) is 10.5. The molecule has 2 unspecified atom stereocenters. The minimum Gasteiger partial charge on any atom is -0.377 e. The first-order chi connectivity index (χ1) is 6.33. The zero-order chi connectivity index (χ0) is 9.52. The van der Waals surface area contributed by atoms with Gasteiger partial charge in [-0.15, -0.1) is 0 Å². The van der Waals surface area contributed by atoms with Gasteiger partial charge in [0.1, 0.15) is 0 Å². The summed E-state index contributed by atoms with van der Waals surface area (Å²) in [7, 11) is -0.901. The zero-order valence-electron chi connectivity index (χ0n) is 7.39. The number of hydrogen-bond donors (Lipinski definition) is 0. The predicted octanol–water partition coefficient (Wildman–Crippen LogP) is 1.22. The summed E-state index contributed by atoms with van der Waals surface area (Å²) in [5, 5.41) is 3.33. The third-order valence-electron chi connectivity index (χ3n) is 1.88. The van der Waals surface area contributed by atoms with E-state index in [1.165, 1.54) is 0 Å². The van der Waals surface area contributed by atoms with Crippen molar-refractivity contribution in [1.82, 2.24) is 0 Å². The number of nitrogens with zero attached hydrogens (tertiary/aromatic N) is 3. The quantitative estimate of drug-likeness (QED) is 0.383. The third-order valence-corrected chi connectivity index (χ3v) is 3.26. The fourth-order valence-electron chi connectivity index (χ4n) is 1.25. The maximum absolute atomic E-state index is 11.3. The molecule has 0 aliphatic carbocycles. The Bertz CT molecular complexity index is 222. The predicted molar refractivity (Wildman–Crippen MR) is 50.9 cm³/mol. The molecule has 5 nitrogen and oxygen atoms in total. The van der Waals surface area contributed by atoms with E-state index >= 15 is 0 Å². The molecule has 0 aromatic heterocycles. The van der Waals surface area contributed by atoms with E-state index in [-0.39, 0.29) is 6.10 Å². The number of ether oxygens (including phenoxy) is 1. The molecule has 0 amide bonds. The van der Waals surface area contributed by atoms with Crippen molar-refractivity contribution in [2.45, 2.75) is 18.9 Å². The van der Waals surface area contributed by atoms with Crippen LogP contribution in [0.15, 0.2) is 5.11 Å². The highest BCUT2D eigenvalue weighted by molar-refractivity contribution is 7.85. The minimum absolute atomic E-state index is 0.159. The number of azide groups is 1. The summed E-state index contributed by atoms with van der Waals surface area (Å²) >= 11 is 0. The van der Waals surface area contributed by atoms with E-state index in [2.05, 4.69) is 10.0 Å². The summed E-state index contributed by atoms with van der Waals surface area (Å²) in [6.45, 7) is 1.11. The first-order valence-corrected chi connectivity index (χ1v) is 5.79. The van der Waals surface area contributed by atoms with Gasteiger partial charge in [0, 0.05) is 40.4 Å². The van der Waals surface area contributed by atoms with Crippen LogP contribution in [-0.2, 0) is 15.5 Å². The van der Waals surface area contributed by atoms with E-state index in [9.17, 15) is 4.21 Å². The summed E-state index contributed by atoms with van der Waals surface area (Å²) < 4.78 is 16.7. The van der Waals surface area contributed by atoms with Gasteiger partial charge in [-0.05, 0) is 18.4 Å². The van der Waals surface area contributed by atoms with Crippen molar-refractivity contribution in [1.29, 1.82) is 0 Å². The van der Waals surface area contributed by atoms with Crippen molar-refractivity contribution in [3.63, 3.8) is 0 Å². The Morgan fingerprint density at radius 3 is 3.15 bits per heavy atom. The van der Waals surface area contributed by atoms with E-state index in [4.69, 9.17) is 10.3 Å². The Labute approximate surface area is 79.5 Å². The summed E-state index contributed by atoms with van der Waals surface area (Å²) in [6, 6.07) is 0. The highest BCUT2D eigenvalue weighted by atomic mass is 32.2. The van der Waals surface area contributed by atoms with Crippen LogP contribution in [0.5, 0.6) is 0 Å². The highest BCUT2D eigenvalue weighted by Gasteiger charge is 2.17. The molecule has 0 aromatic rings. The van der Waals surface area contributed by atoms with Crippen LogP contribution in [-0.4, -0.2) is 35.0 Å². The zero-order valence-corrected chi connectivity index (χ0v) is 8.20. The van der Waals surface area contributed by atoms with Gasteiger partial charge in [-0.2, -0.15) is 0 Å². The molecule has 0 N–H and O–H groups in total. The summed E-state index contributed by atoms with van der Waals surface area (Å²) in [5.41, 5.74) is 8.00. The van der Waals surface area contributed by atoms with Gasteiger partial charge in [0.05, 0.1) is 6.10 Å². The molecule has 1 saturated heterocycles. The van der Waals surface area contributed by atoms with Gasteiger partial charge in [-0.3, -0.25) is 4.21 Å². The van der Waals surface area contributed by atoms with Crippen LogP contribution in [0.25, 0.3) is 10.4 Å². The molecule has 0 aromatic carbocycles. The Balaban J connectivity index is 2.12. The van der Waals surface area contributed by atoms with Crippen LogP contribution in [0.4, 0.5) is 0 Å². The molecule has 2 atom stereocenters. The second kappa shape index (κ2) is 5.96. The second-order valence-corrected chi connectivity index (χ2v) is 4.52. The maximum atomic E-state index is 11.3. The molecule has 74 valence electrons. The van der Waals surface area contributed by atoms with Gasteiger partial charge in [0.15, 0.2) is 0 Å². The molecule has 1 aliphatic heterocycles. The topological polar surface area (TPSA) is 75.1 Å². The smallest absolute Gasteiger partial charge is 0.0691 e. The fraction of sp³-hybridized carbons (Fsp3) is 1.00. The first-order valence-electron chi connectivity index (χ1n) is 4.30. The normalized spacial score (nSPS) is 23.8. The minimum atomic E-state index is -0.901. The second-order valence-electron chi connectivity index (χ2n) is 2.90. The van der Waals surface area contributed by atoms with Crippen LogP contribution in [0, 0.1) is 0 Å². The van der Waals surface area contributed by atoms with Gasteiger partial charge < -0.3 is 4.74 Å². The lowest BCUT2D eigenvalue weighted by Crippen LogP contribution is -2.18. The van der Waals surface area contributed by atoms with E-state index in [0.717, 1.165) is 19.4 Å². The lowest BCUT2D eigenvalue weighted by molar-refractivity contribution is 0.128. The van der Waals surface area contributed by atoms with E-state index in [1.807, 2.05) is 0 Å². The molecular formula is C7H13N3O2S. The van der Waals surface area contributed by atoms with Crippen molar-refractivity contribution < 1.29 is 8.95 Å². The van der Waals surface area contributed by atoms with Crippen molar-refractivity contribution in [3.8, 4) is 0 Å². The maximum Gasteiger partial charge on any atom is 0.0691 e. The van der Waals surface area contributed by atoms with Gasteiger partial charge in [-0.25, -0.2) is 0 Å². The molecule has 13 heavy (non-hydrogen) atoms. The van der Waals surface area contributed by atoms with Crippen molar-refractivity contribution in [2.75, 3.05) is 24.7 Å². The fourth-order valence-corrected chi connectivity index (χ4v) is 2.38. The average molecular weight is 203 g/mol. The Morgan fingerprint density at radius 1 is 1.69 bits per heavy atom. The highest BCUT2D eigenvalue weighted by Crippen LogP contribution is 2.12. The monoisotopic (exact) mass is 203 g/mol. The number of rotatable bonds is 5. The number of hydrogen-bond acceptors (Lipinski definition) is 3. The van der Waals surface area contributed by atoms with Crippen LogP contribution >= 0.6 is 0 Å². The Morgan fingerprint density at radius 2 is 2.54 bits per heavy atom. The van der Waals surface area contributed by atoms with Gasteiger partial charge in [-0.1, -0.05) is 5.11 Å². The molecular weight excluding hydrogens is 190 g/mol. The summed E-state index contributed by atoms with van der Waals surface area (Å²) in [5.74, 6) is 1.03. The average Bonchev–Trinajstić information content (AvgIpc) is 2.57. The molecule has 1 aliphatic rings. The lowest BCUT2D eigenvalue weighted by atomic mass is 10.3. The van der Waals surface area contributed by atoms with Crippen LogP contribution in [0.2, 0.25) is 0 Å². The van der Waals surface area contributed by atoms with Crippen molar-refractivity contribution in [3.05, 3.63) is 10.4 Å². The SMILES string of the molecule is [N-]=[N+]=NCCS(=O)CC1CCCO1. The molecule has 0 bridgehead atoms. The standard InChI is InChI=1S/C7H13N3O2S/c8-10-9-3-5-13(11)6-7-2-1-4-12-7/h7H,1-6H2. The van der Waals surface area contributed by atoms with Crippen LogP contribution in [0.1, 0.15) is 12.8 Å². The van der Waals surface area contributed by atoms with Gasteiger partial charge in [0.25, 0.3) is 0 Å². The molecule has 0 saturated carbocycles.